The van der Waals surface area contributed by atoms with Crippen LogP contribution in [-0.4, -0.2) is 239 Å². The molecule has 15 unspecified atom stereocenters. The molecule has 4 aliphatic rings. The van der Waals surface area contributed by atoms with Gasteiger partial charge in [-0.05, 0) is 112 Å². The lowest BCUT2D eigenvalue weighted by Crippen LogP contribution is -2.58. The molecule has 0 spiro atoms. The van der Waals surface area contributed by atoms with Gasteiger partial charge in [0.2, 0.25) is 47.3 Å². The number of nitrogens with one attached hydrogen (secondary N) is 4. The Hall–Kier alpha value is -11.6. The van der Waals surface area contributed by atoms with E-state index in [1.54, 1.807) is 101 Å². The van der Waals surface area contributed by atoms with E-state index in [0.717, 1.165) is 78.0 Å². The maximum Gasteiger partial charge on any atom is 0.246 e. The molecule has 8 heterocycles. The Labute approximate surface area is 877 Å². The summed E-state index contributed by atoms with van der Waals surface area (Å²) in [6.45, 7) is 55.9. The molecule has 4 saturated heterocycles. The first kappa shape index (κ1) is 120. The molecule has 4 aromatic heterocycles. The zero-order valence-corrected chi connectivity index (χ0v) is 93.4. The van der Waals surface area contributed by atoms with Crippen LogP contribution in [-0.2, 0) is 70.6 Å². The molecule has 4 aliphatic heterocycles. The zero-order chi connectivity index (χ0) is 111. The summed E-state index contributed by atoms with van der Waals surface area (Å²) in [7, 11) is 0. The molecule has 9 N–H and O–H groups in total. The molecule has 8 aromatic rings. The maximum atomic E-state index is 13.7. The fourth-order valence-corrected chi connectivity index (χ4v) is 19.2. The number of hydrogen-bond donors (Lipinski definition) is 9. The number of thiazole rings is 1. The minimum absolute atomic E-state index is 0.0564. The first-order chi connectivity index (χ1) is 68.5. The molecule has 0 aliphatic carbocycles. The molecular weight excluding hydrogens is 1900 g/mol. The van der Waals surface area contributed by atoms with Gasteiger partial charge < -0.3 is 79.9 Å². The van der Waals surface area contributed by atoms with Gasteiger partial charge in [0.1, 0.15) is 36.3 Å². The van der Waals surface area contributed by atoms with E-state index < -0.39 is 116 Å². The van der Waals surface area contributed by atoms with Crippen LogP contribution in [0.15, 0.2) is 137 Å². The van der Waals surface area contributed by atoms with Crippen molar-refractivity contribution in [2.45, 2.75) is 363 Å². The van der Waals surface area contributed by atoms with Gasteiger partial charge in [0, 0.05) is 128 Å². The second-order valence-electron chi connectivity index (χ2n) is 49.1. The molecule has 8 amide bonds. The number of aryl methyl sites for hydroxylation is 4. The van der Waals surface area contributed by atoms with Crippen LogP contribution < -0.4 is 21.3 Å². The molecular formula is C115H163N13O19S. The van der Waals surface area contributed by atoms with Crippen LogP contribution in [0.4, 0.5) is 0 Å². The smallest absolute Gasteiger partial charge is 0.246 e. The van der Waals surface area contributed by atoms with Crippen molar-refractivity contribution >= 4 is 81.7 Å². The number of amides is 8. The van der Waals surface area contributed by atoms with Gasteiger partial charge in [0.05, 0.1) is 82.7 Å². The Morgan fingerprint density at radius 1 is 0.412 bits per heavy atom. The van der Waals surface area contributed by atoms with Crippen LogP contribution in [0.5, 0.6) is 0 Å². The van der Waals surface area contributed by atoms with E-state index in [4.69, 9.17) is 8.94 Å². The molecule has 4 aromatic carbocycles. The number of β-amino-alcohol motifs (C(OH)–C–C–N with tert-alkyl or cyclic N) is 4. The number of oxazole rings is 1. The third-order valence-corrected chi connectivity index (χ3v) is 28.7. The first-order valence-corrected chi connectivity index (χ1v) is 52.4. The Morgan fingerprint density at radius 2 is 0.736 bits per heavy atom. The van der Waals surface area contributed by atoms with Gasteiger partial charge in [-0.3, -0.25) is 57.5 Å². The third kappa shape index (κ3) is 31.5. The van der Waals surface area contributed by atoms with Gasteiger partial charge in [-0.1, -0.05) is 277 Å². The van der Waals surface area contributed by atoms with E-state index in [0.29, 0.717) is 12.1 Å². The fraction of sp³-hybridized carbons (Fsp3) is 0.583. The molecule has 0 saturated carbocycles. The van der Waals surface area contributed by atoms with Gasteiger partial charge in [-0.2, -0.15) is 0 Å². The number of aromatic nitrogens is 5. The highest BCUT2D eigenvalue weighted by Crippen LogP contribution is 2.39. The Balaban J connectivity index is 0.000000219. The summed E-state index contributed by atoms with van der Waals surface area (Å²) in [5, 5.41) is 66.6. The van der Waals surface area contributed by atoms with Crippen molar-refractivity contribution in [3.05, 3.63) is 173 Å². The van der Waals surface area contributed by atoms with Gasteiger partial charge in [-0.15, -0.1) is 11.3 Å². The molecule has 808 valence electrons. The van der Waals surface area contributed by atoms with E-state index >= 15 is 0 Å². The highest BCUT2D eigenvalue weighted by Gasteiger charge is 2.51. The third-order valence-electron chi connectivity index (χ3n) is 27.8. The second-order valence-corrected chi connectivity index (χ2v) is 50.0. The summed E-state index contributed by atoms with van der Waals surface area (Å²) in [6, 6.07) is 25.5. The molecule has 0 radical (unpaired) electrons. The SMILES string of the molecule is CC(CC(=O)C1CC(O)CN1C(=O)C(NC(=O)C(C)(C)C)C(C)(C)C)c1ccc(-c2scnc2CO)cc1.Cc1nccn1-c1ccc(C(C)CC(=O)C2CC(O)CN2C(=O)C(NC(=O)C(C)(C)C)C(C)(C)C)cc1.Cc1ncoc1-c1ccc(C(C)CC(=O)C2CC(O)CN2C(=O)C(NC(=O)C(C)(C)C)C(C)(C)C)cc1.Cc1nocc1-c1ccc(CCC(=O)C2CC(O)CN2C(=O)C(NC(=O)C(C)(C)C)C(C)(C)C)cc1. The van der Waals surface area contributed by atoms with Gasteiger partial charge >= 0.3 is 0 Å². The molecule has 0 bridgehead atoms. The number of benzene rings is 4. The van der Waals surface area contributed by atoms with Crippen LogP contribution in [0.3, 0.4) is 0 Å². The van der Waals surface area contributed by atoms with Crippen LogP contribution in [0.25, 0.3) is 38.6 Å². The number of nitrogens with zero attached hydrogens (tertiary/aromatic N) is 9. The van der Waals surface area contributed by atoms with Crippen LogP contribution in [0.1, 0.15) is 301 Å². The number of hydrogen-bond acceptors (Lipinski definition) is 24. The number of imidazole rings is 1. The van der Waals surface area contributed by atoms with Crippen LogP contribution in [0, 0.1) is 64.1 Å². The van der Waals surface area contributed by atoms with Crippen molar-refractivity contribution in [3.8, 4) is 38.6 Å². The lowest BCUT2D eigenvalue weighted by atomic mass is 9.84. The van der Waals surface area contributed by atoms with E-state index in [2.05, 4.69) is 41.4 Å². The summed E-state index contributed by atoms with van der Waals surface area (Å²) in [5.74, 6) is -1.25. The summed E-state index contributed by atoms with van der Waals surface area (Å²) >= 11 is 1.47. The van der Waals surface area contributed by atoms with E-state index in [9.17, 15) is 83.1 Å². The van der Waals surface area contributed by atoms with Gasteiger partial charge in [0.25, 0.3) is 0 Å². The summed E-state index contributed by atoms with van der Waals surface area (Å²) in [5.41, 5.74) is 7.83. The van der Waals surface area contributed by atoms with Crippen molar-refractivity contribution in [1.29, 1.82) is 0 Å². The zero-order valence-electron chi connectivity index (χ0n) is 92.6. The average molecular weight is 2060 g/mol. The highest BCUT2D eigenvalue weighted by molar-refractivity contribution is 7.13. The standard InChI is InChI=1S/C29H42N4O4.C29H41N3O5S.C29H41N3O5.C28H39N3O5/c1-18(20-9-11-21(12-10-20)32-14-13-30-19(32)2)15-24(35)23-16-22(34)17-33(23)26(36)25(28(3,4)5)31-27(37)29(6,7)8;1-17(18-8-10-19(11-9-18)24-21(15-33)30-16-38-24)12-23(35)22-13-20(34)14-32(22)26(36)25(28(2,3)4)31-27(37)29(5,6)7;1-17(19-9-11-20(12-10-19)24-18(2)30-16-37-24)13-23(34)22-14-21(33)15-32(22)26(35)25(28(3,4)5)31-27(36)29(6,7)8;1-17-21(16-36-30-17)19-11-8-18(9-12-19)10-13-23(33)22-14-20(32)15-31(22)25(34)24(27(2,3)4)29-26(35)28(5,6)7/h9-14,18,22-23,25,34H,15-17H2,1-8H3,(H,31,37);8-11,16-17,20,22,25,33-34H,12-15H2,1-7H3,(H,31,37);9-12,16-17,21-22,25,33H,13-15H2,1-8H3,(H,31,36);8-9,11-12,16,20,22,24,32H,10,13-15H2,1-7H3,(H,29,35). The van der Waals surface area contributed by atoms with E-state index in [1.807, 2.05) is 232 Å². The molecule has 12 rings (SSSR count). The average Bonchev–Trinajstić information content (AvgIpc) is 1.63. The summed E-state index contributed by atoms with van der Waals surface area (Å²) in [4.78, 5) is 178. The van der Waals surface area contributed by atoms with Crippen LogP contribution >= 0.6 is 11.3 Å². The molecule has 15 atom stereocenters. The predicted molar refractivity (Wildman–Crippen MR) is 570 cm³/mol. The number of carbonyl (C=O) groups is 12. The van der Waals surface area contributed by atoms with Gasteiger partial charge in [0.15, 0.2) is 35.3 Å². The molecule has 4 fully saturated rings. The lowest BCUT2D eigenvalue weighted by Gasteiger charge is -2.36. The Bertz CT molecular complexity index is 5740. The molecule has 33 heteroatoms. The number of carbonyl (C=O) groups excluding carboxylic acids is 12. The quantitative estimate of drug-likeness (QED) is 0.0210. The largest absolute Gasteiger partial charge is 0.443 e. The minimum Gasteiger partial charge on any atom is -0.443 e. The fourth-order valence-electron chi connectivity index (χ4n) is 18.4. The molecule has 148 heavy (non-hydrogen) atoms. The van der Waals surface area contributed by atoms with Crippen molar-refractivity contribution in [3.63, 3.8) is 0 Å². The van der Waals surface area contributed by atoms with E-state index in [-0.39, 0.29) is 172 Å². The van der Waals surface area contributed by atoms with Gasteiger partial charge in [-0.25, -0.2) is 15.0 Å². The summed E-state index contributed by atoms with van der Waals surface area (Å²) in [6.07, 6.45) is 5.86. The topological polar surface area (TPSA) is 450 Å². The Kier molecular flexibility index (Phi) is 39.7. The lowest BCUT2D eigenvalue weighted by molar-refractivity contribution is -0.144. The predicted octanol–water partition coefficient (Wildman–Crippen LogP) is 15.6. The van der Waals surface area contributed by atoms with Crippen molar-refractivity contribution in [2.24, 2.45) is 43.3 Å². The van der Waals surface area contributed by atoms with Crippen molar-refractivity contribution < 1.29 is 92.0 Å². The van der Waals surface area contributed by atoms with Crippen LogP contribution in [0.2, 0.25) is 0 Å². The number of aliphatic hydroxyl groups excluding tert-OH is 5. The minimum atomic E-state index is -0.824. The number of Topliss-reactive ketones (excluding diaryl/α,β-unsaturated/α-hetero) is 4. The highest BCUT2D eigenvalue weighted by atomic mass is 32.1. The molecule has 32 nitrogen and oxygen atoms in total. The number of rotatable bonds is 29. The normalized spacial score (nSPS) is 19.8. The maximum absolute atomic E-state index is 13.7. The first-order valence-electron chi connectivity index (χ1n) is 51.5. The number of likely N-dealkylation sites (tertiary alicyclic amines) is 4. The Morgan fingerprint density at radius 3 is 1.03 bits per heavy atom. The van der Waals surface area contributed by atoms with Crippen molar-refractivity contribution in [1.82, 2.24) is 65.5 Å². The number of ketones is 4. The van der Waals surface area contributed by atoms with E-state index in [1.165, 1.54) is 37.3 Å². The van der Waals surface area contributed by atoms with Crippen molar-refractivity contribution in [2.75, 3.05) is 26.2 Å². The summed E-state index contributed by atoms with van der Waals surface area (Å²) < 4.78 is 12.5. The second kappa shape index (κ2) is 49.0. The monoisotopic (exact) mass is 2060 g/mol. The number of aliphatic hydroxyl groups is 5.